The lowest BCUT2D eigenvalue weighted by Crippen LogP contribution is -2.11. The highest BCUT2D eigenvalue weighted by Crippen LogP contribution is 2.28. The lowest BCUT2D eigenvalue weighted by atomic mass is 10.1. The van der Waals surface area contributed by atoms with E-state index in [1.165, 1.54) is 19.4 Å². The molecule has 1 heterocycles. The first-order valence-corrected chi connectivity index (χ1v) is 5.05. The van der Waals surface area contributed by atoms with Crippen molar-refractivity contribution in [2.45, 2.75) is 19.8 Å². The number of hydrogen-bond acceptors (Lipinski definition) is 4. The van der Waals surface area contributed by atoms with Crippen molar-refractivity contribution in [3.63, 3.8) is 0 Å². The Labute approximate surface area is 97.6 Å². The van der Waals surface area contributed by atoms with Gasteiger partial charge in [-0.3, -0.25) is 9.78 Å². The van der Waals surface area contributed by atoms with E-state index in [1.807, 2.05) is 0 Å². The van der Waals surface area contributed by atoms with E-state index in [1.54, 1.807) is 6.92 Å². The third kappa shape index (κ3) is 3.37. The molecule has 1 rings (SSSR count). The number of esters is 1. The molecule has 1 aromatic heterocycles. The zero-order valence-corrected chi connectivity index (χ0v) is 9.57. The van der Waals surface area contributed by atoms with E-state index < -0.39 is 18.1 Å². The molecule has 4 nitrogen and oxygen atoms in total. The van der Waals surface area contributed by atoms with Crippen molar-refractivity contribution in [3.8, 4) is 5.75 Å². The minimum Gasteiger partial charge on any atom is -0.496 e. The maximum absolute atomic E-state index is 12.7. The highest BCUT2D eigenvalue weighted by Gasteiger charge is 2.21. The Morgan fingerprint density at radius 1 is 1.53 bits per heavy atom. The van der Waals surface area contributed by atoms with Crippen LogP contribution in [0.25, 0.3) is 0 Å². The van der Waals surface area contributed by atoms with Crippen molar-refractivity contribution in [2.24, 2.45) is 0 Å². The summed E-state index contributed by atoms with van der Waals surface area (Å²) >= 11 is 0. The molecule has 0 radical (unpaired) electrons. The van der Waals surface area contributed by atoms with Gasteiger partial charge >= 0.3 is 5.97 Å². The summed E-state index contributed by atoms with van der Waals surface area (Å²) in [5.41, 5.74) is -0.374. The number of pyridine rings is 1. The van der Waals surface area contributed by atoms with Gasteiger partial charge in [0.05, 0.1) is 20.1 Å². The number of aromatic nitrogens is 1. The van der Waals surface area contributed by atoms with Gasteiger partial charge in [-0.1, -0.05) is 0 Å². The van der Waals surface area contributed by atoms with Gasteiger partial charge in [0.2, 0.25) is 0 Å². The standard InChI is InChI=1S/C11H13F2NO3/c1-3-17-9(15)6-7-8(16-2)4-5-14-10(7)11(12)13/h4-5,11H,3,6H2,1-2H3. The molecule has 0 N–H and O–H groups in total. The number of nitrogens with zero attached hydrogens (tertiary/aromatic N) is 1. The second-order valence-corrected chi connectivity index (χ2v) is 3.16. The number of halogens is 2. The number of rotatable bonds is 5. The SMILES string of the molecule is CCOC(=O)Cc1c(OC)ccnc1C(F)F. The van der Waals surface area contributed by atoms with Crippen molar-refractivity contribution >= 4 is 5.97 Å². The van der Waals surface area contributed by atoms with Crippen molar-refractivity contribution in [3.05, 3.63) is 23.5 Å². The average Bonchev–Trinajstić information content (AvgIpc) is 2.29. The smallest absolute Gasteiger partial charge is 0.310 e. The Morgan fingerprint density at radius 3 is 2.76 bits per heavy atom. The van der Waals surface area contributed by atoms with Gasteiger partial charge < -0.3 is 9.47 Å². The molecule has 94 valence electrons. The Hall–Kier alpha value is -1.72. The Morgan fingerprint density at radius 2 is 2.24 bits per heavy atom. The maximum atomic E-state index is 12.7. The molecule has 0 atom stereocenters. The molecule has 0 fully saturated rings. The molecular weight excluding hydrogens is 232 g/mol. The first-order valence-electron chi connectivity index (χ1n) is 5.05. The van der Waals surface area contributed by atoms with Crippen LogP contribution in [-0.4, -0.2) is 24.7 Å². The summed E-state index contributed by atoms with van der Waals surface area (Å²) in [6.45, 7) is 1.85. The first kappa shape index (κ1) is 13.3. The zero-order valence-electron chi connectivity index (χ0n) is 9.57. The lowest BCUT2D eigenvalue weighted by molar-refractivity contribution is -0.142. The number of methoxy groups -OCH3 is 1. The summed E-state index contributed by atoms with van der Waals surface area (Å²) in [6, 6.07) is 1.43. The van der Waals surface area contributed by atoms with Crippen LogP contribution in [-0.2, 0) is 16.0 Å². The fourth-order valence-corrected chi connectivity index (χ4v) is 1.40. The van der Waals surface area contributed by atoms with E-state index >= 15 is 0 Å². The van der Waals surface area contributed by atoms with Crippen molar-refractivity contribution in [2.75, 3.05) is 13.7 Å². The van der Waals surface area contributed by atoms with E-state index in [-0.39, 0.29) is 24.3 Å². The van der Waals surface area contributed by atoms with Gasteiger partial charge in [0, 0.05) is 11.8 Å². The van der Waals surface area contributed by atoms with E-state index in [2.05, 4.69) is 4.98 Å². The summed E-state index contributed by atoms with van der Waals surface area (Å²) in [7, 11) is 1.35. The Kier molecular flexibility index (Phi) is 4.81. The molecule has 0 aromatic carbocycles. The molecule has 0 spiro atoms. The third-order valence-corrected chi connectivity index (χ3v) is 2.10. The second kappa shape index (κ2) is 6.12. The van der Waals surface area contributed by atoms with Gasteiger partial charge in [-0.15, -0.1) is 0 Å². The molecular formula is C11H13F2NO3. The summed E-state index contributed by atoms with van der Waals surface area (Å²) in [4.78, 5) is 14.9. The van der Waals surface area contributed by atoms with E-state index in [9.17, 15) is 13.6 Å². The zero-order chi connectivity index (χ0) is 12.8. The van der Waals surface area contributed by atoms with Crippen LogP contribution in [0.4, 0.5) is 8.78 Å². The minimum absolute atomic E-state index is 0.0726. The summed E-state index contributed by atoms with van der Waals surface area (Å²) < 4.78 is 35.1. The molecule has 0 aliphatic carbocycles. The van der Waals surface area contributed by atoms with E-state index in [0.29, 0.717) is 0 Å². The van der Waals surface area contributed by atoms with Crippen LogP contribution in [0, 0.1) is 0 Å². The quantitative estimate of drug-likeness (QED) is 0.745. The Balaban J connectivity index is 3.04. The topological polar surface area (TPSA) is 48.4 Å². The molecule has 0 amide bonds. The fourth-order valence-electron chi connectivity index (χ4n) is 1.40. The number of carbonyl (C=O) groups is 1. The Bertz CT molecular complexity index is 396. The van der Waals surface area contributed by atoms with Crippen LogP contribution in [0.2, 0.25) is 0 Å². The van der Waals surface area contributed by atoms with Gasteiger partial charge in [0.15, 0.2) is 0 Å². The summed E-state index contributed by atoms with van der Waals surface area (Å²) in [6.07, 6.45) is -1.81. The summed E-state index contributed by atoms with van der Waals surface area (Å²) in [5, 5.41) is 0. The normalized spacial score (nSPS) is 10.4. The van der Waals surface area contributed by atoms with Crippen molar-refractivity contribution in [1.29, 1.82) is 0 Å². The van der Waals surface area contributed by atoms with Gasteiger partial charge in [-0.2, -0.15) is 0 Å². The van der Waals surface area contributed by atoms with Crippen LogP contribution in [0.5, 0.6) is 5.75 Å². The molecule has 0 unspecified atom stereocenters. The van der Waals surface area contributed by atoms with Gasteiger partial charge in [-0.25, -0.2) is 8.78 Å². The molecule has 6 heteroatoms. The molecule has 0 aliphatic heterocycles. The third-order valence-electron chi connectivity index (χ3n) is 2.10. The molecule has 0 aliphatic rings. The second-order valence-electron chi connectivity index (χ2n) is 3.16. The molecule has 1 aromatic rings. The number of carbonyl (C=O) groups excluding carboxylic acids is 1. The van der Waals surface area contributed by atoms with Crippen LogP contribution < -0.4 is 4.74 Å². The van der Waals surface area contributed by atoms with E-state index in [0.717, 1.165) is 0 Å². The maximum Gasteiger partial charge on any atom is 0.310 e. The molecule has 0 bridgehead atoms. The lowest BCUT2D eigenvalue weighted by Gasteiger charge is -2.11. The van der Waals surface area contributed by atoms with Crippen LogP contribution in [0.3, 0.4) is 0 Å². The van der Waals surface area contributed by atoms with E-state index in [4.69, 9.17) is 9.47 Å². The fraction of sp³-hybridized carbons (Fsp3) is 0.455. The first-order chi connectivity index (χ1) is 8.10. The van der Waals surface area contributed by atoms with Gasteiger partial charge in [-0.05, 0) is 13.0 Å². The monoisotopic (exact) mass is 245 g/mol. The minimum atomic E-state index is -2.76. The van der Waals surface area contributed by atoms with Gasteiger partial charge in [0.1, 0.15) is 11.4 Å². The van der Waals surface area contributed by atoms with Crippen LogP contribution in [0.15, 0.2) is 12.3 Å². The number of ether oxygens (including phenoxy) is 2. The average molecular weight is 245 g/mol. The largest absolute Gasteiger partial charge is 0.496 e. The summed E-state index contributed by atoms with van der Waals surface area (Å²) in [5.74, 6) is -0.371. The number of alkyl halides is 2. The predicted octanol–water partition coefficient (Wildman–Crippen LogP) is 2.13. The predicted molar refractivity (Wildman–Crippen MR) is 56.1 cm³/mol. The van der Waals surface area contributed by atoms with Crippen molar-refractivity contribution < 1.29 is 23.0 Å². The van der Waals surface area contributed by atoms with Crippen LogP contribution >= 0.6 is 0 Å². The molecule has 17 heavy (non-hydrogen) atoms. The highest BCUT2D eigenvalue weighted by molar-refractivity contribution is 5.74. The molecule has 0 saturated heterocycles. The molecule has 0 saturated carbocycles. The number of hydrogen-bond donors (Lipinski definition) is 0. The van der Waals surface area contributed by atoms with Crippen LogP contribution in [0.1, 0.15) is 24.6 Å². The van der Waals surface area contributed by atoms with Crippen molar-refractivity contribution in [1.82, 2.24) is 4.98 Å². The van der Waals surface area contributed by atoms with Gasteiger partial charge in [0.25, 0.3) is 6.43 Å². The highest BCUT2D eigenvalue weighted by atomic mass is 19.3.